The average Bonchev–Trinajstić information content (AvgIpc) is 3.16. The maximum atomic E-state index is 5.69. The molecule has 25 heavy (non-hydrogen) atoms. The molecule has 1 unspecified atom stereocenters. The molecule has 0 aliphatic carbocycles. The van der Waals surface area contributed by atoms with Crippen LogP contribution in [0.15, 0.2) is 54.2 Å². The number of anilines is 2. The third kappa shape index (κ3) is 4.01. The maximum absolute atomic E-state index is 5.69. The van der Waals surface area contributed by atoms with Crippen LogP contribution >= 0.6 is 11.3 Å². The van der Waals surface area contributed by atoms with Gasteiger partial charge in [0, 0.05) is 30.4 Å². The van der Waals surface area contributed by atoms with Gasteiger partial charge in [0.05, 0.1) is 19.3 Å². The molecular formula is C18H19N5OS. The zero-order valence-corrected chi connectivity index (χ0v) is 14.5. The molecule has 3 aromatic heterocycles. The van der Waals surface area contributed by atoms with Gasteiger partial charge >= 0.3 is 0 Å². The van der Waals surface area contributed by atoms with E-state index in [1.165, 1.54) is 4.88 Å². The number of pyridine rings is 1. The van der Waals surface area contributed by atoms with Gasteiger partial charge in [0.1, 0.15) is 17.5 Å². The molecule has 0 amide bonds. The van der Waals surface area contributed by atoms with E-state index in [-0.39, 0.29) is 6.04 Å². The molecule has 0 bridgehead atoms. The van der Waals surface area contributed by atoms with Crippen molar-refractivity contribution in [3.8, 4) is 0 Å². The molecule has 128 valence electrons. The van der Waals surface area contributed by atoms with Crippen molar-refractivity contribution in [3.63, 3.8) is 0 Å². The van der Waals surface area contributed by atoms with Gasteiger partial charge in [0.15, 0.2) is 0 Å². The lowest BCUT2D eigenvalue weighted by atomic mass is 10.2. The van der Waals surface area contributed by atoms with Crippen molar-refractivity contribution >= 4 is 23.0 Å². The summed E-state index contributed by atoms with van der Waals surface area (Å²) >= 11 is 1.77. The van der Waals surface area contributed by atoms with Crippen molar-refractivity contribution in [2.45, 2.75) is 12.6 Å². The molecule has 1 aliphatic heterocycles. The molecule has 1 fully saturated rings. The van der Waals surface area contributed by atoms with Gasteiger partial charge in [-0.2, -0.15) is 0 Å². The third-order valence-electron chi connectivity index (χ3n) is 4.07. The molecule has 1 atom stereocenters. The Morgan fingerprint density at radius 2 is 2.12 bits per heavy atom. The molecule has 3 aromatic rings. The van der Waals surface area contributed by atoms with Crippen LogP contribution in [0.4, 0.5) is 11.6 Å². The molecule has 0 aromatic carbocycles. The smallest absolute Gasteiger partial charge is 0.150 e. The molecule has 0 saturated carbocycles. The standard InChI is InChI=1S/C18H19N5OS/c1-2-7-19-16(5-1)21-17-6-8-20-18(22-17)15-13-24-10-9-23(15)12-14-4-3-11-25-14/h1-8,11,15H,9-10,12-13H2,(H,19,20,21,22). The van der Waals surface area contributed by atoms with Gasteiger partial charge in [-0.1, -0.05) is 12.1 Å². The maximum Gasteiger partial charge on any atom is 0.150 e. The first kappa shape index (κ1) is 16.1. The number of thiophene rings is 1. The van der Waals surface area contributed by atoms with E-state index in [2.05, 4.69) is 37.7 Å². The molecule has 7 heteroatoms. The van der Waals surface area contributed by atoms with Crippen LogP contribution in [-0.4, -0.2) is 39.6 Å². The van der Waals surface area contributed by atoms with Gasteiger partial charge in [-0.3, -0.25) is 4.90 Å². The summed E-state index contributed by atoms with van der Waals surface area (Å²) in [6, 6.07) is 11.9. The quantitative estimate of drug-likeness (QED) is 0.760. The molecule has 0 spiro atoms. The third-order valence-corrected chi connectivity index (χ3v) is 4.93. The van der Waals surface area contributed by atoms with E-state index in [4.69, 9.17) is 9.72 Å². The first-order valence-electron chi connectivity index (χ1n) is 8.24. The van der Waals surface area contributed by atoms with Crippen LogP contribution in [-0.2, 0) is 11.3 Å². The van der Waals surface area contributed by atoms with E-state index < -0.39 is 0 Å². The zero-order chi connectivity index (χ0) is 16.9. The number of nitrogens with zero attached hydrogens (tertiary/aromatic N) is 4. The molecule has 0 radical (unpaired) electrons. The number of hydrogen-bond donors (Lipinski definition) is 1. The number of rotatable bonds is 5. The molecule has 4 rings (SSSR count). The number of ether oxygens (including phenoxy) is 1. The normalized spacial score (nSPS) is 18.2. The van der Waals surface area contributed by atoms with E-state index in [9.17, 15) is 0 Å². The second-order valence-corrected chi connectivity index (χ2v) is 6.81. The number of aromatic nitrogens is 3. The second kappa shape index (κ2) is 7.69. The van der Waals surface area contributed by atoms with Crippen molar-refractivity contribution in [1.29, 1.82) is 0 Å². The molecular weight excluding hydrogens is 334 g/mol. The summed E-state index contributed by atoms with van der Waals surface area (Å²) < 4.78 is 5.69. The monoisotopic (exact) mass is 353 g/mol. The molecule has 1 aliphatic rings. The minimum Gasteiger partial charge on any atom is -0.378 e. The van der Waals surface area contributed by atoms with Gasteiger partial charge in [-0.05, 0) is 29.6 Å². The summed E-state index contributed by atoms with van der Waals surface area (Å²) in [4.78, 5) is 17.2. The average molecular weight is 353 g/mol. The lowest BCUT2D eigenvalue weighted by molar-refractivity contribution is -0.0154. The topological polar surface area (TPSA) is 63.2 Å². The van der Waals surface area contributed by atoms with Crippen molar-refractivity contribution in [3.05, 3.63) is 64.9 Å². The first-order valence-corrected chi connectivity index (χ1v) is 9.11. The van der Waals surface area contributed by atoms with E-state index in [0.29, 0.717) is 6.61 Å². The number of hydrogen-bond acceptors (Lipinski definition) is 7. The number of morpholine rings is 1. The lowest BCUT2D eigenvalue weighted by Crippen LogP contribution is -2.39. The summed E-state index contributed by atoms with van der Waals surface area (Å²) in [7, 11) is 0. The van der Waals surface area contributed by atoms with E-state index >= 15 is 0 Å². The Balaban J connectivity index is 1.53. The van der Waals surface area contributed by atoms with Crippen molar-refractivity contribution in [1.82, 2.24) is 19.9 Å². The van der Waals surface area contributed by atoms with Gasteiger partial charge in [0.2, 0.25) is 0 Å². The lowest BCUT2D eigenvalue weighted by Gasteiger charge is -2.34. The minimum absolute atomic E-state index is 0.0568. The van der Waals surface area contributed by atoms with Gasteiger partial charge in [0.25, 0.3) is 0 Å². The van der Waals surface area contributed by atoms with Gasteiger partial charge < -0.3 is 10.1 Å². The fraction of sp³-hybridized carbons (Fsp3) is 0.278. The van der Waals surface area contributed by atoms with E-state index in [1.54, 1.807) is 23.7 Å². The number of nitrogens with one attached hydrogen (secondary N) is 1. The SMILES string of the molecule is c1ccc(Nc2ccnc(C3COCCN3Cc3cccs3)n2)nc1. The minimum atomic E-state index is 0.0568. The van der Waals surface area contributed by atoms with Crippen LogP contribution in [0.2, 0.25) is 0 Å². The molecule has 1 N–H and O–H groups in total. The van der Waals surface area contributed by atoms with Crippen LogP contribution in [0, 0.1) is 0 Å². The predicted molar refractivity (Wildman–Crippen MR) is 97.8 cm³/mol. The summed E-state index contributed by atoms with van der Waals surface area (Å²) in [5, 5.41) is 5.33. The van der Waals surface area contributed by atoms with Gasteiger partial charge in [-0.25, -0.2) is 15.0 Å². The van der Waals surface area contributed by atoms with Crippen LogP contribution in [0.3, 0.4) is 0 Å². The van der Waals surface area contributed by atoms with Crippen molar-refractivity contribution in [2.75, 3.05) is 25.1 Å². The van der Waals surface area contributed by atoms with Crippen LogP contribution in [0.25, 0.3) is 0 Å². The Morgan fingerprint density at radius 3 is 2.96 bits per heavy atom. The summed E-state index contributed by atoms with van der Waals surface area (Å²) in [6.07, 6.45) is 3.54. The molecule has 1 saturated heterocycles. The highest BCUT2D eigenvalue weighted by Crippen LogP contribution is 2.25. The first-order chi connectivity index (χ1) is 12.4. The Hall–Kier alpha value is -2.35. The summed E-state index contributed by atoms with van der Waals surface area (Å²) in [5.74, 6) is 2.28. The molecule has 6 nitrogen and oxygen atoms in total. The van der Waals surface area contributed by atoms with E-state index in [0.717, 1.165) is 37.2 Å². The zero-order valence-electron chi connectivity index (χ0n) is 13.7. The highest BCUT2D eigenvalue weighted by Gasteiger charge is 2.27. The second-order valence-electron chi connectivity index (χ2n) is 5.78. The summed E-state index contributed by atoms with van der Waals surface area (Å²) in [6.45, 7) is 3.13. The highest BCUT2D eigenvalue weighted by atomic mass is 32.1. The fourth-order valence-electron chi connectivity index (χ4n) is 2.84. The van der Waals surface area contributed by atoms with Crippen LogP contribution < -0.4 is 5.32 Å². The van der Waals surface area contributed by atoms with E-state index in [1.807, 2.05) is 24.3 Å². The fourth-order valence-corrected chi connectivity index (χ4v) is 3.57. The highest BCUT2D eigenvalue weighted by molar-refractivity contribution is 7.09. The molecule has 4 heterocycles. The van der Waals surface area contributed by atoms with Crippen LogP contribution in [0.1, 0.15) is 16.7 Å². The predicted octanol–water partition coefficient (Wildman–Crippen LogP) is 3.25. The largest absolute Gasteiger partial charge is 0.378 e. The Bertz CT molecular complexity index is 796. The Labute approximate surface area is 150 Å². The Kier molecular flexibility index (Phi) is 4.96. The van der Waals surface area contributed by atoms with Crippen LogP contribution in [0.5, 0.6) is 0 Å². The van der Waals surface area contributed by atoms with Crippen molar-refractivity contribution in [2.24, 2.45) is 0 Å². The summed E-state index contributed by atoms with van der Waals surface area (Å²) in [5.41, 5.74) is 0. The van der Waals surface area contributed by atoms with Gasteiger partial charge in [-0.15, -0.1) is 11.3 Å². The van der Waals surface area contributed by atoms with Crippen molar-refractivity contribution < 1.29 is 4.74 Å². The Morgan fingerprint density at radius 1 is 1.12 bits per heavy atom.